The van der Waals surface area contributed by atoms with E-state index in [-0.39, 0.29) is 0 Å². The minimum atomic E-state index is 0.451. The number of nitriles is 1. The van der Waals surface area contributed by atoms with Crippen LogP contribution in [0.2, 0.25) is 0 Å². The number of hydrogen-bond acceptors (Lipinski definition) is 3. The van der Waals surface area contributed by atoms with Crippen molar-refractivity contribution < 1.29 is 4.74 Å². The Kier molecular flexibility index (Phi) is 5.06. The molecule has 0 spiro atoms. The Morgan fingerprint density at radius 2 is 2.07 bits per heavy atom. The van der Waals surface area contributed by atoms with Gasteiger partial charge in [0.15, 0.2) is 0 Å². The Hall–Kier alpha value is -1.14. The lowest BCUT2D eigenvalue weighted by Crippen LogP contribution is -2.09. The van der Waals surface area contributed by atoms with Gasteiger partial charge >= 0.3 is 0 Å². The largest absolute Gasteiger partial charge is 0.493 e. The Balaban J connectivity index is 2.46. The standard InChI is InChI=1S/C12H15NOS/c1-10(9-15)8-14-12-4-2-11(3-5-12)6-7-13/h2-5,10,15H,6,8-9H2,1H3. The van der Waals surface area contributed by atoms with Crippen molar-refractivity contribution in [3.8, 4) is 11.8 Å². The van der Waals surface area contributed by atoms with Gasteiger partial charge in [-0.05, 0) is 29.4 Å². The molecule has 3 heteroatoms. The summed E-state index contributed by atoms with van der Waals surface area (Å²) >= 11 is 4.19. The lowest BCUT2D eigenvalue weighted by atomic mass is 10.1. The van der Waals surface area contributed by atoms with Crippen LogP contribution in [0.3, 0.4) is 0 Å². The third kappa shape index (κ3) is 4.26. The smallest absolute Gasteiger partial charge is 0.119 e. The van der Waals surface area contributed by atoms with Gasteiger partial charge in [0.05, 0.1) is 19.1 Å². The van der Waals surface area contributed by atoms with E-state index in [4.69, 9.17) is 10.00 Å². The van der Waals surface area contributed by atoms with Crippen LogP contribution >= 0.6 is 12.6 Å². The zero-order valence-electron chi connectivity index (χ0n) is 8.81. The van der Waals surface area contributed by atoms with Crippen molar-refractivity contribution in [3.05, 3.63) is 29.8 Å². The highest BCUT2D eigenvalue weighted by molar-refractivity contribution is 7.80. The molecule has 1 aromatic rings. The van der Waals surface area contributed by atoms with Gasteiger partial charge in [-0.15, -0.1) is 0 Å². The Labute approximate surface area is 96.3 Å². The zero-order valence-corrected chi connectivity index (χ0v) is 9.71. The Morgan fingerprint density at radius 3 is 2.60 bits per heavy atom. The summed E-state index contributed by atoms with van der Waals surface area (Å²) < 4.78 is 5.56. The fourth-order valence-electron chi connectivity index (χ4n) is 1.09. The maximum atomic E-state index is 8.51. The summed E-state index contributed by atoms with van der Waals surface area (Å²) in [6.07, 6.45) is 0.452. The number of ether oxygens (including phenoxy) is 1. The summed E-state index contributed by atoms with van der Waals surface area (Å²) in [5.74, 6) is 2.13. The second-order valence-electron chi connectivity index (χ2n) is 3.58. The van der Waals surface area contributed by atoms with E-state index in [2.05, 4.69) is 25.6 Å². The van der Waals surface area contributed by atoms with Crippen molar-refractivity contribution in [2.24, 2.45) is 5.92 Å². The average Bonchev–Trinajstić information content (AvgIpc) is 2.28. The third-order valence-corrected chi connectivity index (χ3v) is 2.68. The molecule has 0 N–H and O–H groups in total. The number of thiol groups is 1. The van der Waals surface area contributed by atoms with Crippen LogP contribution < -0.4 is 4.74 Å². The molecule has 0 fully saturated rings. The molecule has 0 aromatic heterocycles. The number of rotatable bonds is 5. The van der Waals surface area contributed by atoms with Gasteiger partial charge < -0.3 is 4.74 Å². The van der Waals surface area contributed by atoms with Crippen molar-refractivity contribution >= 4 is 12.6 Å². The third-order valence-electron chi connectivity index (χ3n) is 2.05. The maximum Gasteiger partial charge on any atom is 0.119 e. The first-order valence-electron chi connectivity index (χ1n) is 4.95. The minimum Gasteiger partial charge on any atom is -0.493 e. The van der Waals surface area contributed by atoms with Gasteiger partial charge in [0.2, 0.25) is 0 Å². The van der Waals surface area contributed by atoms with Crippen molar-refractivity contribution in [2.75, 3.05) is 12.4 Å². The van der Waals surface area contributed by atoms with Gasteiger partial charge in [0.1, 0.15) is 5.75 Å². The van der Waals surface area contributed by atoms with E-state index in [1.165, 1.54) is 0 Å². The van der Waals surface area contributed by atoms with E-state index >= 15 is 0 Å². The molecule has 1 rings (SSSR count). The molecule has 80 valence electrons. The predicted octanol–water partition coefficient (Wildman–Crippen LogP) is 2.70. The molecule has 0 radical (unpaired) electrons. The van der Waals surface area contributed by atoms with Crippen LogP contribution in [0.1, 0.15) is 12.5 Å². The van der Waals surface area contributed by atoms with E-state index < -0.39 is 0 Å². The van der Waals surface area contributed by atoms with Crippen molar-refractivity contribution in [2.45, 2.75) is 13.3 Å². The van der Waals surface area contributed by atoms with Gasteiger partial charge in [-0.2, -0.15) is 17.9 Å². The molecular weight excluding hydrogens is 206 g/mol. The predicted molar refractivity (Wildman–Crippen MR) is 64.3 cm³/mol. The highest BCUT2D eigenvalue weighted by atomic mass is 32.1. The molecule has 0 aliphatic heterocycles. The SMILES string of the molecule is CC(CS)COc1ccc(CC#N)cc1. The van der Waals surface area contributed by atoms with Gasteiger partial charge in [0, 0.05) is 0 Å². The highest BCUT2D eigenvalue weighted by Gasteiger charge is 2.00. The Morgan fingerprint density at radius 1 is 1.40 bits per heavy atom. The number of nitrogens with zero attached hydrogens (tertiary/aromatic N) is 1. The number of benzene rings is 1. The topological polar surface area (TPSA) is 33.0 Å². The molecule has 0 bridgehead atoms. The summed E-state index contributed by atoms with van der Waals surface area (Å²) in [5, 5.41) is 8.51. The van der Waals surface area contributed by atoms with E-state index in [9.17, 15) is 0 Å². The lowest BCUT2D eigenvalue weighted by Gasteiger charge is -2.10. The average molecular weight is 221 g/mol. The fraction of sp³-hybridized carbons (Fsp3) is 0.417. The van der Waals surface area contributed by atoms with Crippen LogP contribution in [-0.2, 0) is 6.42 Å². The van der Waals surface area contributed by atoms with Crippen LogP contribution in [0.5, 0.6) is 5.75 Å². The molecule has 0 aliphatic rings. The molecular formula is C12H15NOS. The van der Waals surface area contributed by atoms with Gasteiger partial charge in [-0.1, -0.05) is 19.1 Å². The minimum absolute atomic E-state index is 0.451. The van der Waals surface area contributed by atoms with Gasteiger partial charge in [-0.25, -0.2) is 0 Å². The second-order valence-corrected chi connectivity index (χ2v) is 3.94. The molecule has 2 nitrogen and oxygen atoms in total. The normalized spacial score (nSPS) is 11.8. The summed E-state index contributed by atoms with van der Waals surface area (Å²) in [4.78, 5) is 0. The second kappa shape index (κ2) is 6.36. The quantitative estimate of drug-likeness (QED) is 0.775. The summed E-state index contributed by atoms with van der Waals surface area (Å²) in [7, 11) is 0. The van der Waals surface area contributed by atoms with Gasteiger partial charge in [0.25, 0.3) is 0 Å². The maximum absolute atomic E-state index is 8.51. The van der Waals surface area contributed by atoms with Crippen LogP contribution in [0.4, 0.5) is 0 Å². The van der Waals surface area contributed by atoms with E-state index in [1.54, 1.807) is 0 Å². The van der Waals surface area contributed by atoms with E-state index in [0.29, 0.717) is 18.9 Å². The Bertz CT molecular complexity index is 328. The van der Waals surface area contributed by atoms with Crippen LogP contribution in [0.15, 0.2) is 24.3 Å². The van der Waals surface area contributed by atoms with Gasteiger partial charge in [-0.3, -0.25) is 0 Å². The summed E-state index contributed by atoms with van der Waals surface area (Å²) in [5.41, 5.74) is 1.02. The van der Waals surface area contributed by atoms with Crippen molar-refractivity contribution in [1.29, 1.82) is 5.26 Å². The molecule has 1 atom stereocenters. The summed E-state index contributed by atoms with van der Waals surface area (Å²) in [6.45, 7) is 2.78. The lowest BCUT2D eigenvalue weighted by molar-refractivity contribution is 0.273. The van der Waals surface area contributed by atoms with Crippen molar-refractivity contribution in [1.82, 2.24) is 0 Å². The molecule has 0 saturated carbocycles. The van der Waals surface area contributed by atoms with Crippen LogP contribution in [0.25, 0.3) is 0 Å². The van der Waals surface area contributed by atoms with Crippen molar-refractivity contribution in [3.63, 3.8) is 0 Å². The summed E-state index contributed by atoms with van der Waals surface area (Å²) in [6, 6.07) is 9.75. The fourth-order valence-corrected chi connectivity index (χ4v) is 1.19. The van der Waals surface area contributed by atoms with E-state index in [0.717, 1.165) is 17.1 Å². The molecule has 0 saturated heterocycles. The molecule has 0 heterocycles. The molecule has 0 amide bonds. The highest BCUT2D eigenvalue weighted by Crippen LogP contribution is 2.13. The molecule has 1 unspecified atom stereocenters. The first-order valence-corrected chi connectivity index (χ1v) is 5.59. The molecule has 15 heavy (non-hydrogen) atoms. The van der Waals surface area contributed by atoms with Crippen LogP contribution in [-0.4, -0.2) is 12.4 Å². The zero-order chi connectivity index (χ0) is 11.1. The molecule has 0 aliphatic carbocycles. The van der Waals surface area contributed by atoms with E-state index in [1.807, 2.05) is 24.3 Å². The molecule has 1 aromatic carbocycles. The first-order chi connectivity index (χ1) is 7.26. The number of hydrogen-bond donors (Lipinski definition) is 1. The first kappa shape index (κ1) is 11.9. The van der Waals surface area contributed by atoms with Crippen LogP contribution in [0, 0.1) is 17.2 Å². The monoisotopic (exact) mass is 221 g/mol.